The highest BCUT2D eigenvalue weighted by Crippen LogP contribution is 2.21. The largest absolute Gasteiger partial charge is 0.347 e. The molecule has 0 atom stereocenters. The molecule has 1 aliphatic rings. The van der Waals surface area contributed by atoms with Gasteiger partial charge in [-0.15, -0.1) is 0 Å². The van der Waals surface area contributed by atoms with E-state index in [2.05, 4.69) is 25.2 Å². The topological polar surface area (TPSA) is 74.2 Å². The molecule has 1 amide bonds. The molecule has 0 unspecified atom stereocenters. The van der Waals surface area contributed by atoms with Crippen molar-refractivity contribution in [3.05, 3.63) is 39.6 Å². The molecule has 1 aromatic heterocycles. The van der Waals surface area contributed by atoms with Crippen LogP contribution in [-0.2, 0) is 6.54 Å². The van der Waals surface area contributed by atoms with Crippen LogP contribution in [0.15, 0.2) is 18.2 Å². The van der Waals surface area contributed by atoms with Crippen molar-refractivity contribution in [2.75, 3.05) is 37.0 Å². The SMILES string of the molecule is CN(C)c1nc(CNC(=O)c2ccc(Cl)cc2Cl)nc(N2CCCCC2)n1. The number of aromatic nitrogens is 3. The quantitative estimate of drug-likeness (QED) is 0.818. The summed E-state index contributed by atoms with van der Waals surface area (Å²) in [4.78, 5) is 30.0. The summed E-state index contributed by atoms with van der Waals surface area (Å²) < 4.78 is 0. The van der Waals surface area contributed by atoms with Gasteiger partial charge in [0.2, 0.25) is 11.9 Å². The number of hydrogen-bond donors (Lipinski definition) is 1. The summed E-state index contributed by atoms with van der Waals surface area (Å²) in [6.07, 6.45) is 3.49. The van der Waals surface area contributed by atoms with Gasteiger partial charge < -0.3 is 15.1 Å². The maximum Gasteiger partial charge on any atom is 0.253 e. The van der Waals surface area contributed by atoms with E-state index >= 15 is 0 Å². The summed E-state index contributed by atoms with van der Waals surface area (Å²) in [6, 6.07) is 4.77. The van der Waals surface area contributed by atoms with Crippen LogP contribution in [0.3, 0.4) is 0 Å². The molecule has 1 aliphatic heterocycles. The third kappa shape index (κ3) is 4.99. The van der Waals surface area contributed by atoms with Crippen LogP contribution in [0.4, 0.5) is 11.9 Å². The normalized spacial score (nSPS) is 14.1. The van der Waals surface area contributed by atoms with E-state index in [4.69, 9.17) is 23.2 Å². The molecule has 0 aliphatic carbocycles. The molecule has 3 rings (SSSR count). The van der Waals surface area contributed by atoms with Gasteiger partial charge in [0.15, 0.2) is 5.82 Å². The Labute approximate surface area is 168 Å². The maximum atomic E-state index is 12.4. The fourth-order valence-corrected chi connectivity index (χ4v) is 3.33. The second kappa shape index (κ2) is 8.71. The minimum Gasteiger partial charge on any atom is -0.347 e. The molecule has 7 nitrogen and oxygen atoms in total. The Morgan fingerprint density at radius 3 is 2.56 bits per heavy atom. The minimum absolute atomic E-state index is 0.183. The van der Waals surface area contributed by atoms with Crippen LogP contribution in [0.5, 0.6) is 0 Å². The summed E-state index contributed by atoms with van der Waals surface area (Å²) in [7, 11) is 3.76. The number of hydrogen-bond acceptors (Lipinski definition) is 6. The molecule has 0 saturated carbocycles. The first-order valence-corrected chi connectivity index (χ1v) is 9.60. The summed E-state index contributed by atoms with van der Waals surface area (Å²) in [5, 5.41) is 3.60. The van der Waals surface area contributed by atoms with Gasteiger partial charge in [0.05, 0.1) is 17.1 Å². The van der Waals surface area contributed by atoms with Crippen LogP contribution < -0.4 is 15.1 Å². The number of carbonyl (C=O) groups excluding carboxylic acids is 1. The Bertz CT molecular complexity index is 823. The van der Waals surface area contributed by atoms with Crippen LogP contribution in [0.25, 0.3) is 0 Å². The Morgan fingerprint density at radius 2 is 1.89 bits per heavy atom. The standard InChI is InChI=1S/C18H22Cl2N6O/c1-25(2)17-22-15(23-18(24-17)26-8-4-3-5-9-26)11-21-16(27)13-7-6-12(19)10-14(13)20/h6-7,10H,3-5,8-9,11H2,1-2H3,(H,21,27). The first kappa shape index (κ1) is 19.6. The van der Waals surface area contributed by atoms with Gasteiger partial charge in [0.1, 0.15) is 0 Å². The average molecular weight is 409 g/mol. The van der Waals surface area contributed by atoms with Crippen LogP contribution in [0.2, 0.25) is 10.0 Å². The van der Waals surface area contributed by atoms with Gasteiger partial charge in [0.25, 0.3) is 5.91 Å². The Morgan fingerprint density at radius 1 is 1.15 bits per heavy atom. The minimum atomic E-state index is -0.303. The molecular formula is C18H22Cl2N6O. The van der Waals surface area contributed by atoms with Crippen molar-refractivity contribution >= 4 is 41.0 Å². The third-order valence-corrected chi connectivity index (χ3v) is 4.83. The molecule has 2 heterocycles. The average Bonchev–Trinajstić information content (AvgIpc) is 2.66. The zero-order valence-corrected chi connectivity index (χ0v) is 16.9. The summed E-state index contributed by atoms with van der Waals surface area (Å²) in [6.45, 7) is 2.05. The predicted octanol–water partition coefficient (Wildman–Crippen LogP) is 3.16. The van der Waals surface area contributed by atoms with Crippen LogP contribution in [0, 0.1) is 0 Å². The van der Waals surface area contributed by atoms with E-state index in [1.807, 2.05) is 19.0 Å². The van der Waals surface area contributed by atoms with Gasteiger partial charge in [-0.1, -0.05) is 23.2 Å². The Kier molecular flexibility index (Phi) is 6.34. The molecular weight excluding hydrogens is 387 g/mol. The first-order chi connectivity index (χ1) is 12.9. The van der Waals surface area contributed by atoms with E-state index in [1.165, 1.54) is 6.42 Å². The molecule has 0 radical (unpaired) electrons. The molecule has 0 spiro atoms. The predicted molar refractivity (Wildman–Crippen MR) is 108 cm³/mol. The van der Waals surface area contributed by atoms with Crippen LogP contribution in [0.1, 0.15) is 35.4 Å². The van der Waals surface area contributed by atoms with Gasteiger partial charge in [-0.05, 0) is 37.5 Å². The maximum absolute atomic E-state index is 12.4. The lowest BCUT2D eigenvalue weighted by atomic mass is 10.1. The Balaban J connectivity index is 1.76. The highest BCUT2D eigenvalue weighted by atomic mass is 35.5. The van der Waals surface area contributed by atoms with Crippen LogP contribution >= 0.6 is 23.2 Å². The number of nitrogens with one attached hydrogen (secondary N) is 1. The molecule has 1 saturated heterocycles. The van der Waals surface area contributed by atoms with E-state index in [-0.39, 0.29) is 12.5 Å². The van der Waals surface area contributed by atoms with E-state index in [0.29, 0.717) is 33.3 Å². The fourth-order valence-electron chi connectivity index (χ4n) is 2.84. The van der Waals surface area contributed by atoms with E-state index in [0.717, 1.165) is 25.9 Å². The molecule has 1 fully saturated rings. The second-order valence-electron chi connectivity index (χ2n) is 6.60. The van der Waals surface area contributed by atoms with Gasteiger partial charge in [-0.2, -0.15) is 15.0 Å². The number of nitrogens with zero attached hydrogens (tertiary/aromatic N) is 5. The number of amides is 1. The van der Waals surface area contributed by atoms with Gasteiger partial charge in [-0.3, -0.25) is 4.79 Å². The highest BCUT2D eigenvalue weighted by Gasteiger charge is 2.18. The third-order valence-electron chi connectivity index (χ3n) is 4.28. The van der Waals surface area contributed by atoms with Crippen molar-refractivity contribution in [1.82, 2.24) is 20.3 Å². The molecule has 0 bridgehead atoms. The number of anilines is 2. The molecule has 1 aromatic carbocycles. The fraction of sp³-hybridized carbons (Fsp3) is 0.444. The van der Waals surface area contributed by atoms with Crippen LogP contribution in [-0.4, -0.2) is 48.0 Å². The number of carbonyl (C=O) groups is 1. The molecule has 2 aromatic rings. The van der Waals surface area contributed by atoms with Crippen molar-refractivity contribution < 1.29 is 4.79 Å². The summed E-state index contributed by atoms with van der Waals surface area (Å²) in [5.41, 5.74) is 0.360. The van der Waals surface area contributed by atoms with E-state index in [9.17, 15) is 4.79 Å². The zero-order chi connectivity index (χ0) is 19.4. The van der Waals surface area contributed by atoms with E-state index in [1.54, 1.807) is 18.2 Å². The first-order valence-electron chi connectivity index (χ1n) is 8.84. The number of benzene rings is 1. The second-order valence-corrected chi connectivity index (χ2v) is 7.44. The lowest BCUT2D eigenvalue weighted by Gasteiger charge is -2.27. The zero-order valence-electron chi connectivity index (χ0n) is 15.4. The van der Waals surface area contributed by atoms with Crippen molar-refractivity contribution in [2.45, 2.75) is 25.8 Å². The van der Waals surface area contributed by atoms with E-state index < -0.39 is 0 Å². The van der Waals surface area contributed by atoms with Crippen molar-refractivity contribution in [2.24, 2.45) is 0 Å². The molecule has 144 valence electrons. The lowest BCUT2D eigenvalue weighted by Crippen LogP contribution is -2.33. The van der Waals surface area contributed by atoms with Gasteiger partial charge in [-0.25, -0.2) is 0 Å². The number of piperidine rings is 1. The molecule has 27 heavy (non-hydrogen) atoms. The number of halogens is 2. The van der Waals surface area contributed by atoms with Gasteiger partial charge >= 0.3 is 0 Å². The number of rotatable bonds is 5. The molecule has 9 heteroatoms. The van der Waals surface area contributed by atoms with Crippen molar-refractivity contribution in [1.29, 1.82) is 0 Å². The van der Waals surface area contributed by atoms with Gasteiger partial charge in [0, 0.05) is 32.2 Å². The monoisotopic (exact) mass is 408 g/mol. The lowest BCUT2D eigenvalue weighted by molar-refractivity contribution is 0.0950. The summed E-state index contributed by atoms with van der Waals surface area (Å²) in [5.74, 6) is 1.43. The summed E-state index contributed by atoms with van der Waals surface area (Å²) >= 11 is 12.0. The van der Waals surface area contributed by atoms with Crippen molar-refractivity contribution in [3.8, 4) is 0 Å². The molecule has 1 N–H and O–H groups in total. The Hall–Kier alpha value is -2.12. The highest BCUT2D eigenvalue weighted by molar-refractivity contribution is 6.36. The smallest absolute Gasteiger partial charge is 0.253 e. The van der Waals surface area contributed by atoms with Crippen molar-refractivity contribution in [3.63, 3.8) is 0 Å².